The van der Waals surface area contributed by atoms with Crippen LogP contribution in [0.5, 0.6) is 0 Å². The van der Waals surface area contributed by atoms with Gasteiger partial charge >= 0.3 is 0 Å². The molecule has 0 heteroatoms. The minimum Gasteiger partial charge on any atom is -0.0616 e. The molecule has 4 aromatic carbocycles. The van der Waals surface area contributed by atoms with Crippen molar-refractivity contribution in [2.24, 2.45) is 0 Å². The quantitative estimate of drug-likeness (QED) is 0.399. The second-order valence-electron chi connectivity index (χ2n) is 5.54. The van der Waals surface area contributed by atoms with Crippen molar-refractivity contribution >= 4 is 21.5 Å². The van der Waals surface area contributed by atoms with Crippen molar-refractivity contribution in [1.29, 1.82) is 0 Å². The Bertz CT molecular complexity index is 943. The lowest BCUT2D eigenvalue weighted by atomic mass is 9.94. The van der Waals surface area contributed by atoms with Crippen molar-refractivity contribution in [3.8, 4) is 11.1 Å². The molecule has 0 amide bonds. The van der Waals surface area contributed by atoms with Gasteiger partial charge in [-0.2, -0.15) is 0 Å². The van der Waals surface area contributed by atoms with Gasteiger partial charge in [-0.25, -0.2) is 0 Å². The highest BCUT2D eigenvalue weighted by atomic mass is 14.1. The van der Waals surface area contributed by atoms with E-state index in [9.17, 15) is 0 Å². The molecule has 0 aliphatic rings. The van der Waals surface area contributed by atoms with Crippen molar-refractivity contribution < 1.29 is 0 Å². The summed E-state index contributed by atoms with van der Waals surface area (Å²) in [7, 11) is 0. The minimum absolute atomic E-state index is 1.29. The van der Waals surface area contributed by atoms with E-state index in [1.807, 2.05) is 0 Å². The molecule has 0 aromatic heterocycles. The summed E-state index contributed by atoms with van der Waals surface area (Å²) in [6.07, 6.45) is 0. The van der Waals surface area contributed by atoms with Gasteiger partial charge in [0.15, 0.2) is 0 Å². The molecule has 0 saturated heterocycles. The zero-order valence-electron chi connectivity index (χ0n) is 12.0. The lowest BCUT2D eigenvalue weighted by Crippen LogP contribution is -1.85. The average Bonchev–Trinajstić information content (AvgIpc) is 2.54. The molecule has 0 saturated carbocycles. The molecule has 0 nitrogen and oxygen atoms in total. The van der Waals surface area contributed by atoms with Gasteiger partial charge < -0.3 is 0 Å². The van der Waals surface area contributed by atoms with E-state index in [0.717, 1.165) is 0 Å². The van der Waals surface area contributed by atoms with Crippen molar-refractivity contribution in [2.45, 2.75) is 6.92 Å². The zero-order valence-corrected chi connectivity index (χ0v) is 12.0. The Morgan fingerprint density at radius 2 is 1.29 bits per heavy atom. The van der Waals surface area contributed by atoms with Crippen LogP contribution in [0.1, 0.15) is 5.56 Å². The third-order valence-electron chi connectivity index (χ3n) is 4.17. The molecule has 0 aliphatic carbocycles. The smallest absolute Gasteiger partial charge is 0.00761 e. The maximum Gasteiger partial charge on any atom is -0.00761 e. The van der Waals surface area contributed by atoms with Gasteiger partial charge in [0.2, 0.25) is 0 Å². The molecular formula is C21H16. The summed E-state index contributed by atoms with van der Waals surface area (Å²) in [5, 5.41) is 5.25. The molecule has 0 spiro atoms. The van der Waals surface area contributed by atoms with E-state index < -0.39 is 0 Å². The van der Waals surface area contributed by atoms with Crippen molar-refractivity contribution in [2.75, 3.05) is 0 Å². The summed E-state index contributed by atoms with van der Waals surface area (Å²) in [5.74, 6) is 0. The van der Waals surface area contributed by atoms with Crippen LogP contribution in [0.3, 0.4) is 0 Å². The molecule has 0 aliphatic heterocycles. The predicted molar refractivity (Wildman–Crippen MR) is 91.6 cm³/mol. The summed E-state index contributed by atoms with van der Waals surface area (Å²) in [4.78, 5) is 0. The van der Waals surface area contributed by atoms with Gasteiger partial charge in [-0.3, -0.25) is 0 Å². The normalized spacial score (nSPS) is 11.1. The third kappa shape index (κ3) is 2.00. The highest BCUT2D eigenvalue weighted by molar-refractivity contribution is 6.00. The first-order chi connectivity index (χ1) is 10.3. The molecular weight excluding hydrogens is 252 g/mol. The second-order valence-corrected chi connectivity index (χ2v) is 5.54. The van der Waals surface area contributed by atoms with Crippen LogP contribution in [0.4, 0.5) is 0 Å². The van der Waals surface area contributed by atoms with Gasteiger partial charge in [0.1, 0.15) is 0 Å². The van der Waals surface area contributed by atoms with Crippen molar-refractivity contribution in [3.63, 3.8) is 0 Å². The first kappa shape index (κ1) is 12.2. The predicted octanol–water partition coefficient (Wildman–Crippen LogP) is 5.97. The molecule has 0 N–H and O–H groups in total. The monoisotopic (exact) mass is 268 g/mol. The van der Waals surface area contributed by atoms with Crippen molar-refractivity contribution in [3.05, 3.63) is 84.4 Å². The molecule has 100 valence electrons. The standard InChI is InChI=1S/C21H16/c1-15-6-4-9-17-10-5-11-20(21(15)17)19-13-12-16-7-2-3-8-18(16)14-19/h2-14H,1H3. The van der Waals surface area contributed by atoms with E-state index in [0.29, 0.717) is 0 Å². The minimum atomic E-state index is 1.29. The fraction of sp³-hybridized carbons (Fsp3) is 0.0476. The van der Waals surface area contributed by atoms with Crippen LogP contribution in [0.2, 0.25) is 0 Å². The van der Waals surface area contributed by atoms with Crippen LogP contribution in [0.25, 0.3) is 32.7 Å². The van der Waals surface area contributed by atoms with E-state index in [-0.39, 0.29) is 0 Å². The Kier molecular flexibility index (Phi) is 2.75. The number of rotatable bonds is 1. The van der Waals surface area contributed by atoms with Gasteiger partial charge in [-0.1, -0.05) is 72.8 Å². The van der Waals surface area contributed by atoms with E-state index in [4.69, 9.17) is 0 Å². The Morgan fingerprint density at radius 3 is 2.14 bits per heavy atom. The number of aryl methyl sites for hydroxylation is 1. The fourth-order valence-electron chi connectivity index (χ4n) is 3.13. The molecule has 0 radical (unpaired) electrons. The lowest BCUT2D eigenvalue weighted by molar-refractivity contribution is 1.53. The van der Waals surface area contributed by atoms with Gasteiger partial charge in [0, 0.05) is 0 Å². The van der Waals surface area contributed by atoms with E-state index >= 15 is 0 Å². The molecule has 0 heterocycles. The van der Waals surface area contributed by atoms with Crippen molar-refractivity contribution in [1.82, 2.24) is 0 Å². The summed E-state index contributed by atoms with van der Waals surface area (Å²) in [6.45, 7) is 2.19. The molecule has 4 rings (SSSR count). The van der Waals surface area contributed by atoms with E-state index in [1.54, 1.807) is 0 Å². The van der Waals surface area contributed by atoms with Crippen LogP contribution in [0, 0.1) is 6.92 Å². The Hall–Kier alpha value is -2.60. The molecule has 4 aromatic rings. The summed E-state index contributed by atoms with van der Waals surface area (Å²) in [5.41, 5.74) is 3.93. The number of benzene rings is 4. The van der Waals surface area contributed by atoms with Gasteiger partial charge in [-0.05, 0) is 51.2 Å². The lowest BCUT2D eigenvalue weighted by Gasteiger charge is -2.10. The van der Waals surface area contributed by atoms with Gasteiger partial charge in [0.25, 0.3) is 0 Å². The average molecular weight is 268 g/mol. The van der Waals surface area contributed by atoms with Crippen LogP contribution in [-0.2, 0) is 0 Å². The first-order valence-corrected chi connectivity index (χ1v) is 7.30. The Labute approximate surface area is 124 Å². The Morgan fingerprint density at radius 1 is 0.571 bits per heavy atom. The van der Waals surface area contributed by atoms with E-state index in [2.05, 4.69) is 85.8 Å². The zero-order chi connectivity index (χ0) is 14.2. The Balaban J connectivity index is 2.04. The highest BCUT2D eigenvalue weighted by Crippen LogP contribution is 2.32. The highest BCUT2D eigenvalue weighted by Gasteiger charge is 2.06. The third-order valence-corrected chi connectivity index (χ3v) is 4.17. The summed E-state index contributed by atoms with van der Waals surface area (Å²) < 4.78 is 0. The summed E-state index contributed by atoms with van der Waals surface area (Å²) in [6, 6.07) is 28.3. The topological polar surface area (TPSA) is 0 Å². The SMILES string of the molecule is Cc1cccc2cccc(-c3ccc4ccccc4c3)c12. The second kappa shape index (κ2) is 4.75. The maximum absolute atomic E-state index is 2.29. The fourth-order valence-corrected chi connectivity index (χ4v) is 3.13. The number of hydrogen-bond acceptors (Lipinski definition) is 0. The summed E-state index contributed by atoms with van der Waals surface area (Å²) >= 11 is 0. The maximum atomic E-state index is 2.29. The van der Waals surface area contributed by atoms with Gasteiger partial charge in [0.05, 0.1) is 0 Å². The largest absolute Gasteiger partial charge is 0.0616 e. The van der Waals surface area contributed by atoms with Crippen LogP contribution >= 0.6 is 0 Å². The first-order valence-electron chi connectivity index (χ1n) is 7.30. The number of fused-ring (bicyclic) bond motifs is 2. The molecule has 0 bridgehead atoms. The number of hydrogen-bond donors (Lipinski definition) is 0. The van der Waals surface area contributed by atoms with Gasteiger partial charge in [-0.15, -0.1) is 0 Å². The van der Waals surface area contributed by atoms with Crippen LogP contribution < -0.4 is 0 Å². The van der Waals surface area contributed by atoms with E-state index in [1.165, 1.54) is 38.2 Å². The molecule has 21 heavy (non-hydrogen) atoms. The molecule has 0 unspecified atom stereocenters. The molecule has 0 fully saturated rings. The van der Waals surface area contributed by atoms with Crippen LogP contribution in [-0.4, -0.2) is 0 Å². The van der Waals surface area contributed by atoms with Crippen LogP contribution in [0.15, 0.2) is 78.9 Å². The molecule has 0 atom stereocenters.